The van der Waals surface area contributed by atoms with Crippen LogP contribution in [0, 0.1) is 0 Å². The third-order valence-corrected chi connectivity index (χ3v) is 7.18. The number of amides is 1. The number of aromatic nitrogens is 2. The average molecular weight is 449 g/mol. The van der Waals surface area contributed by atoms with Crippen LogP contribution in [0.3, 0.4) is 0 Å². The second-order valence-corrected chi connectivity index (χ2v) is 9.39. The maximum absolute atomic E-state index is 13.1. The highest BCUT2D eigenvalue weighted by Gasteiger charge is 2.32. The molecule has 0 radical (unpaired) electrons. The number of carbonyl (C=O) groups is 1. The Labute approximate surface area is 192 Å². The number of piperidine rings is 1. The van der Waals surface area contributed by atoms with Crippen molar-refractivity contribution in [2.45, 2.75) is 44.4 Å². The van der Waals surface area contributed by atoms with Gasteiger partial charge in [0.25, 0.3) is 5.91 Å². The summed E-state index contributed by atoms with van der Waals surface area (Å²) in [6.45, 7) is 3.69. The Hall–Kier alpha value is -2.77. The van der Waals surface area contributed by atoms with E-state index in [1.54, 1.807) is 11.3 Å². The maximum Gasteiger partial charge on any atom is 0.254 e. The molecule has 1 aromatic carbocycles. The molecule has 1 amide bonds. The van der Waals surface area contributed by atoms with E-state index < -0.39 is 0 Å². The van der Waals surface area contributed by atoms with E-state index in [0.717, 1.165) is 68.3 Å². The largest absolute Gasteiger partial charge is 0.490 e. The monoisotopic (exact) mass is 448 g/mol. The van der Waals surface area contributed by atoms with Crippen LogP contribution in [0.2, 0.25) is 0 Å². The fourth-order valence-electron chi connectivity index (χ4n) is 4.61. The molecule has 6 nitrogen and oxygen atoms in total. The molecular weight excluding hydrogens is 420 g/mol. The van der Waals surface area contributed by atoms with Gasteiger partial charge in [0, 0.05) is 49.5 Å². The van der Waals surface area contributed by atoms with E-state index in [2.05, 4.69) is 20.9 Å². The first-order valence-corrected chi connectivity index (χ1v) is 12.2. The first kappa shape index (κ1) is 21.1. The van der Waals surface area contributed by atoms with Gasteiger partial charge in [-0.1, -0.05) is 6.07 Å². The summed E-state index contributed by atoms with van der Waals surface area (Å²) in [6.07, 6.45) is 7.88. The number of pyridine rings is 1. The molecule has 1 atom stereocenters. The van der Waals surface area contributed by atoms with Crippen molar-refractivity contribution in [3.05, 3.63) is 76.5 Å². The molecule has 2 fully saturated rings. The van der Waals surface area contributed by atoms with Gasteiger partial charge in [-0.15, -0.1) is 11.3 Å². The highest BCUT2D eigenvalue weighted by atomic mass is 32.1. The summed E-state index contributed by atoms with van der Waals surface area (Å²) >= 11 is 1.63. The number of thiazole rings is 1. The lowest BCUT2D eigenvalue weighted by Crippen LogP contribution is -2.38. The summed E-state index contributed by atoms with van der Waals surface area (Å²) in [5.41, 5.74) is 1.83. The van der Waals surface area contributed by atoms with Crippen molar-refractivity contribution in [2.75, 3.05) is 19.6 Å². The summed E-state index contributed by atoms with van der Waals surface area (Å²) in [6, 6.07) is 13.8. The van der Waals surface area contributed by atoms with Gasteiger partial charge in [0.2, 0.25) is 0 Å². The quantitative estimate of drug-likeness (QED) is 0.553. The first-order valence-electron chi connectivity index (χ1n) is 11.4. The molecule has 3 aromatic rings. The minimum absolute atomic E-state index is 0.0806. The molecule has 7 heteroatoms. The van der Waals surface area contributed by atoms with Crippen LogP contribution in [0.5, 0.6) is 5.75 Å². The number of hydrogen-bond donors (Lipinski definition) is 0. The zero-order chi connectivity index (χ0) is 21.8. The summed E-state index contributed by atoms with van der Waals surface area (Å²) in [5.74, 6) is 0.916. The predicted octanol–water partition coefficient (Wildman–Crippen LogP) is 4.56. The molecule has 2 aromatic heterocycles. The zero-order valence-corrected chi connectivity index (χ0v) is 18.9. The van der Waals surface area contributed by atoms with Gasteiger partial charge in [0.15, 0.2) is 0 Å². The molecule has 0 unspecified atom stereocenters. The van der Waals surface area contributed by atoms with Gasteiger partial charge in [0.1, 0.15) is 16.9 Å². The number of nitrogens with zero attached hydrogens (tertiary/aromatic N) is 4. The summed E-state index contributed by atoms with van der Waals surface area (Å²) in [4.78, 5) is 26.3. The van der Waals surface area contributed by atoms with Gasteiger partial charge in [0.05, 0.1) is 11.7 Å². The molecule has 2 aliphatic rings. The Morgan fingerprint density at radius 1 is 1.00 bits per heavy atom. The van der Waals surface area contributed by atoms with E-state index in [0.29, 0.717) is 5.56 Å². The highest BCUT2D eigenvalue weighted by Crippen LogP contribution is 2.34. The van der Waals surface area contributed by atoms with Crippen LogP contribution in [0.1, 0.15) is 52.8 Å². The molecule has 0 bridgehead atoms. The van der Waals surface area contributed by atoms with Gasteiger partial charge in [-0.05, 0) is 62.1 Å². The van der Waals surface area contributed by atoms with Gasteiger partial charge in [-0.2, -0.15) is 0 Å². The van der Waals surface area contributed by atoms with E-state index in [1.165, 1.54) is 0 Å². The van der Waals surface area contributed by atoms with Crippen LogP contribution >= 0.6 is 11.3 Å². The highest BCUT2D eigenvalue weighted by molar-refractivity contribution is 7.09. The Morgan fingerprint density at radius 3 is 2.56 bits per heavy atom. The second kappa shape index (κ2) is 9.79. The third kappa shape index (κ3) is 4.84. The predicted molar refractivity (Wildman–Crippen MR) is 125 cm³/mol. The second-order valence-electron chi connectivity index (χ2n) is 8.47. The molecule has 166 valence electrons. The molecule has 32 heavy (non-hydrogen) atoms. The fraction of sp³-hybridized carbons (Fsp3) is 0.400. The van der Waals surface area contributed by atoms with Gasteiger partial charge in [-0.25, -0.2) is 4.98 Å². The van der Waals surface area contributed by atoms with Crippen LogP contribution in [0.15, 0.2) is 60.2 Å². The topological polar surface area (TPSA) is 58.6 Å². The molecule has 4 heterocycles. The first-order chi connectivity index (χ1) is 15.8. The third-order valence-electron chi connectivity index (χ3n) is 6.30. The van der Waals surface area contributed by atoms with Gasteiger partial charge >= 0.3 is 0 Å². The van der Waals surface area contributed by atoms with E-state index in [1.807, 2.05) is 59.1 Å². The lowest BCUT2D eigenvalue weighted by molar-refractivity contribution is 0.0735. The minimum Gasteiger partial charge on any atom is -0.490 e. The van der Waals surface area contributed by atoms with Crippen molar-refractivity contribution in [2.24, 2.45) is 0 Å². The van der Waals surface area contributed by atoms with Crippen molar-refractivity contribution in [1.29, 1.82) is 0 Å². The van der Waals surface area contributed by atoms with Gasteiger partial charge < -0.3 is 9.64 Å². The van der Waals surface area contributed by atoms with Gasteiger partial charge in [-0.3, -0.25) is 14.7 Å². The maximum atomic E-state index is 13.1. The fourth-order valence-corrected chi connectivity index (χ4v) is 5.39. The Bertz CT molecular complexity index is 1000. The molecular formula is C25H28N4O2S. The number of ether oxygens (including phenoxy) is 1. The summed E-state index contributed by atoms with van der Waals surface area (Å²) < 4.78 is 6.22. The standard InChI is InChI=1S/C25H28N4O2S/c30-25(29-14-3-5-23(29)24-27-13-17-32-24)19-6-8-21(9-7-19)31-22-10-15-28(16-11-22)18-20-4-1-2-12-26-20/h1-2,4,6-9,12-13,17,22-23H,3,5,10-11,14-16,18H2/t23-/m0/s1. The number of carbonyl (C=O) groups excluding carboxylic acids is 1. The summed E-state index contributed by atoms with van der Waals surface area (Å²) in [7, 11) is 0. The van der Waals surface area contributed by atoms with E-state index >= 15 is 0 Å². The lowest BCUT2D eigenvalue weighted by Gasteiger charge is -2.32. The molecule has 2 saturated heterocycles. The Morgan fingerprint density at radius 2 is 1.84 bits per heavy atom. The molecule has 0 spiro atoms. The number of rotatable bonds is 6. The molecule has 0 aliphatic carbocycles. The van der Waals surface area contributed by atoms with E-state index in [-0.39, 0.29) is 18.1 Å². The van der Waals surface area contributed by atoms with E-state index in [9.17, 15) is 4.79 Å². The van der Waals surface area contributed by atoms with Crippen LogP contribution in [-0.2, 0) is 6.54 Å². The molecule has 5 rings (SSSR count). The molecule has 2 aliphatic heterocycles. The van der Waals surface area contributed by atoms with Crippen molar-refractivity contribution in [3.8, 4) is 5.75 Å². The van der Waals surface area contributed by atoms with E-state index in [4.69, 9.17) is 4.74 Å². The van der Waals surface area contributed by atoms with Crippen molar-refractivity contribution >= 4 is 17.2 Å². The normalized spacial score (nSPS) is 19.9. The van der Waals surface area contributed by atoms with Crippen LogP contribution < -0.4 is 4.74 Å². The Balaban J connectivity index is 1.14. The number of hydrogen-bond acceptors (Lipinski definition) is 6. The van der Waals surface area contributed by atoms with Crippen molar-refractivity contribution in [3.63, 3.8) is 0 Å². The smallest absolute Gasteiger partial charge is 0.254 e. The molecule has 0 saturated carbocycles. The number of benzene rings is 1. The van der Waals surface area contributed by atoms with Crippen LogP contribution in [0.4, 0.5) is 0 Å². The average Bonchev–Trinajstić information content (AvgIpc) is 3.53. The van der Waals surface area contributed by atoms with Crippen LogP contribution in [-0.4, -0.2) is 51.4 Å². The van der Waals surface area contributed by atoms with Crippen molar-refractivity contribution in [1.82, 2.24) is 19.8 Å². The Kier molecular flexibility index (Phi) is 6.46. The number of likely N-dealkylation sites (tertiary alicyclic amines) is 2. The lowest BCUT2D eigenvalue weighted by atomic mass is 10.1. The SMILES string of the molecule is O=C(c1ccc(OC2CCN(Cc3ccccn3)CC2)cc1)N1CCC[C@H]1c1nccs1. The zero-order valence-electron chi connectivity index (χ0n) is 18.1. The van der Waals surface area contributed by atoms with Crippen LogP contribution in [0.25, 0.3) is 0 Å². The summed E-state index contributed by atoms with van der Waals surface area (Å²) in [5, 5.41) is 3.01. The van der Waals surface area contributed by atoms with Crippen molar-refractivity contribution < 1.29 is 9.53 Å². The minimum atomic E-state index is 0.0806. The molecule has 0 N–H and O–H groups in total.